The highest BCUT2D eigenvalue weighted by molar-refractivity contribution is 7.86. The normalized spacial score (nSPS) is 15.1. The van der Waals surface area contributed by atoms with E-state index in [0.29, 0.717) is 58.5 Å². The molecule has 16 heteroatoms. The highest BCUT2D eigenvalue weighted by Gasteiger charge is 2.36. The molecule has 0 amide bonds. The second-order valence-electron chi connectivity index (χ2n) is 10.9. The molecule has 13 nitrogen and oxygen atoms in total. The number of fused-ring (bicyclic) bond motifs is 2. The molecule has 1 N–H and O–H groups in total. The van der Waals surface area contributed by atoms with Gasteiger partial charge >= 0.3 is 20.2 Å². The van der Waals surface area contributed by atoms with E-state index in [1.54, 1.807) is 28.8 Å². The molecule has 0 spiro atoms. The number of ketones is 1. The van der Waals surface area contributed by atoms with Gasteiger partial charge in [0.25, 0.3) is 0 Å². The van der Waals surface area contributed by atoms with Crippen LogP contribution in [-0.2, 0) is 33.2 Å². The molecule has 0 unspecified atom stereocenters. The van der Waals surface area contributed by atoms with Gasteiger partial charge in [-0.2, -0.15) is 21.9 Å². The summed E-state index contributed by atoms with van der Waals surface area (Å²) in [7, 11) is -6.87. The first-order valence-corrected chi connectivity index (χ1v) is 18.5. The largest absolute Gasteiger partial charge is 0.493 e. The predicted octanol–water partition coefficient (Wildman–Crippen LogP) is 4.15. The van der Waals surface area contributed by atoms with Crippen LogP contribution in [0.1, 0.15) is 29.8 Å². The van der Waals surface area contributed by atoms with Crippen LogP contribution in [-0.4, -0.2) is 88.1 Å². The Hall–Kier alpha value is -3.79. The fraction of sp³-hybridized carbons (Fsp3) is 0.400. The lowest BCUT2D eigenvalue weighted by molar-refractivity contribution is 0.0854. The lowest BCUT2D eigenvalue weighted by Gasteiger charge is -2.25. The average molecular weight is 695 g/mol. The summed E-state index contributed by atoms with van der Waals surface area (Å²) in [6.07, 6.45) is 3.50. The second kappa shape index (κ2) is 13.1. The van der Waals surface area contributed by atoms with Gasteiger partial charge in [-0.05, 0) is 61.0 Å². The monoisotopic (exact) mass is 694 g/mol. The number of likely N-dealkylation sites (N-methyl/N-ethyl adjacent to an activating group) is 1. The number of aromatic nitrogens is 3. The summed E-state index contributed by atoms with van der Waals surface area (Å²) >= 11 is 6.22. The Morgan fingerprint density at radius 3 is 2.48 bits per heavy atom. The highest BCUT2D eigenvalue weighted by Crippen LogP contribution is 2.45. The van der Waals surface area contributed by atoms with Crippen LogP contribution in [0.2, 0.25) is 5.02 Å². The zero-order valence-corrected chi connectivity index (χ0v) is 28.4. The maximum absolute atomic E-state index is 14.6. The van der Waals surface area contributed by atoms with Crippen molar-refractivity contribution in [3.05, 3.63) is 52.7 Å². The third-order valence-corrected chi connectivity index (χ3v) is 8.93. The lowest BCUT2D eigenvalue weighted by Crippen LogP contribution is -2.29. The molecule has 3 heterocycles. The average Bonchev–Trinajstić information content (AvgIpc) is 3.58. The van der Waals surface area contributed by atoms with E-state index in [-0.39, 0.29) is 42.2 Å². The molecule has 0 radical (unpaired) electrons. The number of H-pyrrole nitrogens is 1. The van der Waals surface area contributed by atoms with Crippen molar-refractivity contribution < 1.29 is 39.5 Å². The van der Waals surface area contributed by atoms with Gasteiger partial charge < -0.3 is 27.3 Å². The van der Waals surface area contributed by atoms with Crippen molar-refractivity contribution in [3.63, 3.8) is 0 Å². The first kappa shape index (κ1) is 33.6. The number of halogens is 1. The summed E-state index contributed by atoms with van der Waals surface area (Å²) in [5.74, 6) is -0.853. The number of hydrogen-bond donors (Lipinski definition) is 1. The van der Waals surface area contributed by atoms with Gasteiger partial charge in [-0.15, -0.1) is 0 Å². The molecule has 0 saturated carbocycles. The summed E-state index contributed by atoms with van der Waals surface area (Å²) < 4.78 is 74.7. The highest BCUT2D eigenvalue weighted by atomic mass is 35.5. The van der Waals surface area contributed by atoms with Gasteiger partial charge in [0, 0.05) is 18.1 Å². The quantitative estimate of drug-likeness (QED) is 0.158. The van der Waals surface area contributed by atoms with Gasteiger partial charge in [0.2, 0.25) is 11.8 Å². The van der Waals surface area contributed by atoms with Crippen LogP contribution < -0.4 is 17.8 Å². The Bertz CT molecular complexity index is 2000. The number of methoxy groups -OCH3 is 1. The number of aromatic amines is 1. The summed E-state index contributed by atoms with van der Waals surface area (Å²) in [6.45, 7) is 6.06. The molecule has 0 fully saturated rings. The van der Waals surface area contributed by atoms with Crippen molar-refractivity contribution in [3.8, 4) is 34.4 Å². The van der Waals surface area contributed by atoms with E-state index < -0.39 is 31.9 Å². The minimum atomic E-state index is -4.18. The SMILES string of the molecule is CCN(CC)CCn1c(OS(C)(=O)=O)c(C(=O)[C@@H]2COc3ccc(Cl)cc3C2)c2c(OS(C)(=O)=O)cc(-c3cn[nH]c3OC)cc21. The van der Waals surface area contributed by atoms with Crippen molar-refractivity contribution >= 4 is 48.5 Å². The summed E-state index contributed by atoms with van der Waals surface area (Å²) in [6, 6.07) is 8.25. The molecule has 2 aromatic carbocycles. The Morgan fingerprint density at radius 1 is 1.11 bits per heavy atom. The van der Waals surface area contributed by atoms with Crippen molar-refractivity contribution in [2.75, 3.05) is 45.9 Å². The van der Waals surface area contributed by atoms with Crippen molar-refractivity contribution in [2.45, 2.75) is 26.8 Å². The van der Waals surface area contributed by atoms with Gasteiger partial charge in [-0.1, -0.05) is 25.4 Å². The van der Waals surface area contributed by atoms with Crippen molar-refractivity contribution in [2.24, 2.45) is 5.92 Å². The summed E-state index contributed by atoms with van der Waals surface area (Å²) in [5, 5.41) is 7.32. The number of hydrogen-bond acceptors (Lipinski definition) is 11. The van der Waals surface area contributed by atoms with Crippen LogP contribution in [0.4, 0.5) is 0 Å². The number of nitrogens with one attached hydrogen (secondary N) is 1. The third-order valence-electron chi connectivity index (χ3n) is 7.75. The van der Waals surface area contributed by atoms with Gasteiger partial charge in [-0.3, -0.25) is 4.79 Å². The first-order valence-electron chi connectivity index (χ1n) is 14.5. The van der Waals surface area contributed by atoms with E-state index in [0.717, 1.165) is 12.5 Å². The molecule has 0 aliphatic carbocycles. The number of nitrogens with zero attached hydrogens (tertiary/aromatic N) is 3. The molecule has 5 rings (SSSR count). The molecule has 1 aliphatic heterocycles. The zero-order chi connectivity index (χ0) is 33.4. The molecule has 0 bridgehead atoms. The van der Waals surface area contributed by atoms with Crippen LogP contribution in [0.3, 0.4) is 0 Å². The van der Waals surface area contributed by atoms with Gasteiger partial charge in [-0.25, -0.2) is 5.10 Å². The van der Waals surface area contributed by atoms with E-state index in [1.165, 1.54) is 19.4 Å². The number of carbonyl (C=O) groups excluding carboxylic acids is 1. The number of Topliss-reactive ketones (excluding diaryl/α,β-unsaturated/α-hetero) is 1. The fourth-order valence-electron chi connectivity index (χ4n) is 5.63. The Kier molecular flexibility index (Phi) is 9.59. The molecule has 248 valence electrons. The number of carbonyl (C=O) groups is 1. The van der Waals surface area contributed by atoms with Gasteiger partial charge in [0.1, 0.15) is 5.75 Å². The van der Waals surface area contributed by atoms with Crippen LogP contribution >= 0.6 is 11.6 Å². The molecule has 46 heavy (non-hydrogen) atoms. The fourth-order valence-corrected chi connectivity index (χ4v) is 6.75. The Morgan fingerprint density at radius 2 is 1.83 bits per heavy atom. The summed E-state index contributed by atoms with van der Waals surface area (Å²) in [4.78, 5) is 16.7. The minimum Gasteiger partial charge on any atom is -0.493 e. The smallest absolute Gasteiger partial charge is 0.307 e. The van der Waals surface area contributed by atoms with Crippen LogP contribution in [0, 0.1) is 5.92 Å². The second-order valence-corrected chi connectivity index (χ2v) is 14.5. The van der Waals surface area contributed by atoms with Gasteiger partial charge in [0.05, 0.1) is 60.4 Å². The molecule has 2 aromatic heterocycles. The van der Waals surface area contributed by atoms with E-state index in [4.69, 9.17) is 29.4 Å². The summed E-state index contributed by atoms with van der Waals surface area (Å²) in [5.41, 5.74) is 1.80. The molecular weight excluding hydrogens is 660 g/mol. The minimum absolute atomic E-state index is 0.00945. The lowest BCUT2D eigenvalue weighted by atomic mass is 9.89. The Labute approximate surface area is 272 Å². The first-order chi connectivity index (χ1) is 21.7. The van der Waals surface area contributed by atoms with Crippen molar-refractivity contribution in [1.82, 2.24) is 19.7 Å². The number of benzene rings is 2. The van der Waals surface area contributed by atoms with Crippen molar-refractivity contribution in [1.29, 1.82) is 0 Å². The Balaban J connectivity index is 1.82. The van der Waals surface area contributed by atoms with E-state index in [1.807, 2.05) is 13.8 Å². The predicted molar refractivity (Wildman–Crippen MR) is 173 cm³/mol. The zero-order valence-electron chi connectivity index (χ0n) is 26.0. The van der Waals surface area contributed by atoms with Crippen LogP contribution in [0.5, 0.6) is 23.3 Å². The van der Waals surface area contributed by atoms with E-state index in [2.05, 4.69) is 15.1 Å². The molecule has 1 aliphatic rings. The molecular formula is C30H35ClN4O9S2. The third kappa shape index (κ3) is 7.12. The molecule has 0 saturated heterocycles. The topological polar surface area (TPSA) is 159 Å². The van der Waals surface area contributed by atoms with Gasteiger partial charge in [0.15, 0.2) is 11.5 Å². The molecule has 4 aromatic rings. The maximum atomic E-state index is 14.6. The van der Waals surface area contributed by atoms with Crippen LogP contribution in [0.15, 0.2) is 36.5 Å². The maximum Gasteiger partial charge on any atom is 0.307 e. The number of rotatable bonds is 13. The standard InChI is InChI=1S/C30H35ClN4O9S2/c1-6-34(7-2)10-11-35-23-14-18(22-16-32-33-29(22)41-3)15-25(43-45(4,37)38)26(23)27(30(35)44-46(5,39)40)28(36)20-12-19-13-21(31)8-9-24(19)42-17-20/h8-9,13-16,20H,6-7,10-12,17H2,1-5H3,(H,32,33)/t20-/m0/s1. The molecule has 1 atom stereocenters. The van der Waals surface area contributed by atoms with Crippen LogP contribution in [0.25, 0.3) is 22.0 Å². The van der Waals surface area contributed by atoms with E-state index in [9.17, 15) is 21.6 Å². The van der Waals surface area contributed by atoms with E-state index >= 15 is 0 Å². The number of ether oxygens (including phenoxy) is 2.